The lowest BCUT2D eigenvalue weighted by Gasteiger charge is -2.28. The molecule has 0 saturated heterocycles. The zero-order valence-corrected chi connectivity index (χ0v) is 30.3. The smallest absolute Gasteiger partial charge is 0.0540 e. The minimum Gasteiger partial charge on any atom is -0.310 e. The molecule has 0 unspecified atom stereocenters. The van der Waals surface area contributed by atoms with E-state index in [4.69, 9.17) is 0 Å². The molecule has 0 bridgehead atoms. The molecule has 258 valence electrons. The number of hydrogen-bond donors (Lipinski definition) is 0. The van der Waals surface area contributed by atoms with Crippen LogP contribution in [0.5, 0.6) is 0 Å². The minimum atomic E-state index is 1.10. The monoisotopic (exact) mass is 699 g/mol. The summed E-state index contributed by atoms with van der Waals surface area (Å²) in [4.78, 5) is 2.40. The van der Waals surface area contributed by atoms with Crippen molar-refractivity contribution in [2.45, 2.75) is 0 Å². The second-order valence-corrected chi connectivity index (χ2v) is 14.1. The van der Waals surface area contributed by atoms with Crippen LogP contribution < -0.4 is 4.90 Å². The lowest BCUT2D eigenvalue weighted by Crippen LogP contribution is -2.10. The summed E-state index contributed by atoms with van der Waals surface area (Å²) in [6.07, 6.45) is 0. The molecule has 0 spiro atoms. The fourth-order valence-corrected chi connectivity index (χ4v) is 8.15. The standard InChI is InChI=1S/C54H37N/c1-3-13-38(14-4-1)40-23-25-42(26-24-40)48-35-36-54(52-22-12-11-20-50(48)52)55(45-31-27-41(28-32-45)39-15-5-2-6-16-39)46-33-29-43(30-34-46)53-37-44-17-7-8-18-47(44)49-19-9-10-21-51(49)53/h1-37H. The summed E-state index contributed by atoms with van der Waals surface area (Å²) in [6.45, 7) is 0. The molecule has 10 aromatic carbocycles. The van der Waals surface area contributed by atoms with Crippen LogP contribution in [-0.2, 0) is 0 Å². The third kappa shape index (κ3) is 6.02. The maximum absolute atomic E-state index is 2.40. The molecule has 10 aromatic rings. The molecule has 0 aliphatic heterocycles. The van der Waals surface area contributed by atoms with E-state index in [1.165, 1.54) is 76.8 Å². The molecule has 0 N–H and O–H groups in total. The Kier molecular flexibility index (Phi) is 8.24. The van der Waals surface area contributed by atoms with Crippen molar-refractivity contribution in [3.63, 3.8) is 0 Å². The summed E-state index contributed by atoms with van der Waals surface area (Å²) in [5.74, 6) is 0. The van der Waals surface area contributed by atoms with Crippen LogP contribution in [0.2, 0.25) is 0 Å². The Morgan fingerprint density at radius 1 is 0.236 bits per heavy atom. The van der Waals surface area contributed by atoms with Gasteiger partial charge in [-0.3, -0.25) is 0 Å². The van der Waals surface area contributed by atoms with Crippen LogP contribution in [0, 0.1) is 0 Å². The Morgan fingerprint density at radius 2 is 0.636 bits per heavy atom. The number of nitrogens with zero attached hydrogens (tertiary/aromatic N) is 1. The van der Waals surface area contributed by atoms with Crippen LogP contribution in [-0.4, -0.2) is 0 Å². The van der Waals surface area contributed by atoms with Crippen molar-refractivity contribution >= 4 is 49.4 Å². The average Bonchev–Trinajstić information content (AvgIpc) is 3.27. The third-order valence-corrected chi connectivity index (χ3v) is 10.9. The van der Waals surface area contributed by atoms with E-state index in [0.29, 0.717) is 0 Å². The van der Waals surface area contributed by atoms with Crippen molar-refractivity contribution < 1.29 is 0 Å². The van der Waals surface area contributed by atoms with Gasteiger partial charge in [-0.15, -0.1) is 0 Å². The summed E-state index contributed by atoms with van der Waals surface area (Å²) in [5.41, 5.74) is 13.1. The zero-order chi connectivity index (χ0) is 36.6. The first kappa shape index (κ1) is 32.4. The molecule has 55 heavy (non-hydrogen) atoms. The normalized spacial score (nSPS) is 11.3. The van der Waals surface area contributed by atoms with Crippen molar-refractivity contribution in [1.82, 2.24) is 0 Å². The van der Waals surface area contributed by atoms with Crippen LogP contribution in [0.1, 0.15) is 0 Å². The summed E-state index contributed by atoms with van der Waals surface area (Å²) >= 11 is 0. The number of hydrogen-bond acceptors (Lipinski definition) is 1. The number of anilines is 3. The SMILES string of the molecule is c1ccc(-c2ccc(-c3ccc(N(c4ccc(-c5ccccc5)cc4)c4ccc(-c5cc6ccccc6c6ccccc56)cc4)c4ccccc34)cc2)cc1. The first-order valence-corrected chi connectivity index (χ1v) is 18.9. The summed E-state index contributed by atoms with van der Waals surface area (Å²) in [7, 11) is 0. The van der Waals surface area contributed by atoms with E-state index in [1.54, 1.807) is 0 Å². The second-order valence-electron chi connectivity index (χ2n) is 14.1. The van der Waals surface area contributed by atoms with Crippen LogP contribution in [0.25, 0.3) is 76.8 Å². The molecule has 0 fully saturated rings. The van der Waals surface area contributed by atoms with Crippen molar-refractivity contribution in [3.8, 4) is 44.5 Å². The summed E-state index contributed by atoms with van der Waals surface area (Å²) in [5, 5.41) is 7.50. The minimum absolute atomic E-state index is 1.10. The van der Waals surface area contributed by atoms with Gasteiger partial charge in [-0.2, -0.15) is 0 Å². The summed E-state index contributed by atoms with van der Waals surface area (Å²) in [6, 6.07) is 81.4. The molecule has 0 aliphatic rings. The van der Waals surface area contributed by atoms with Crippen molar-refractivity contribution in [2.75, 3.05) is 4.90 Å². The molecule has 0 aromatic heterocycles. The highest BCUT2D eigenvalue weighted by Gasteiger charge is 2.18. The van der Waals surface area contributed by atoms with Crippen molar-refractivity contribution in [2.24, 2.45) is 0 Å². The second kappa shape index (κ2) is 14.0. The van der Waals surface area contributed by atoms with Crippen LogP contribution in [0.15, 0.2) is 224 Å². The largest absolute Gasteiger partial charge is 0.310 e. The van der Waals surface area contributed by atoms with E-state index in [1.807, 2.05) is 0 Å². The van der Waals surface area contributed by atoms with Gasteiger partial charge < -0.3 is 4.90 Å². The number of fused-ring (bicyclic) bond motifs is 4. The highest BCUT2D eigenvalue weighted by Crippen LogP contribution is 2.44. The fraction of sp³-hybridized carbons (Fsp3) is 0. The van der Waals surface area contributed by atoms with Gasteiger partial charge in [0.25, 0.3) is 0 Å². The molecule has 1 nitrogen and oxygen atoms in total. The van der Waals surface area contributed by atoms with E-state index < -0.39 is 0 Å². The molecule has 0 radical (unpaired) electrons. The van der Waals surface area contributed by atoms with Gasteiger partial charge in [-0.05, 0) is 108 Å². The molecule has 0 heterocycles. The molecule has 1 heteroatoms. The van der Waals surface area contributed by atoms with Crippen LogP contribution in [0.3, 0.4) is 0 Å². The molecule has 0 aliphatic carbocycles. The predicted molar refractivity (Wildman–Crippen MR) is 235 cm³/mol. The van der Waals surface area contributed by atoms with Gasteiger partial charge in [0, 0.05) is 16.8 Å². The topological polar surface area (TPSA) is 3.24 Å². The molecule has 0 saturated carbocycles. The quantitative estimate of drug-likeness (QED) is 0.150. The number of rotatable bonds is 7. The number of benzene rings is 10. The Bertz CT molecular complexity index is 2930. The zero-order valence-electron chi connectivity index (χ0n) is 30.3. The van der Waals surface area contributed by atoms with Crippen molar-refractivity contribution in [1.29, 1.82) is 0 Å². The maximum Gasteiger partial charge on any atom is 0.0540 e. The molecule has 0 amide bonds. The molecule has 0 atom stereocenters. The predicted octanol–water partition coefficient (Wildman–Crippen LogP) is 15.3. The Labute approximate surface area is 322 Å². The van der Waals surface area contributed by atoms with Gasteiger partial charge in [0.05, 0.1) is 5.69 Å². The van der Waals surface area contributed by atoms with E-state index in [-0.39, 0.29) is 0 Å². The summed E-state index contributed by atoms with van der Waals surface area (Å²) < 4.78 is 0. The van der Waals surface area contributed by atoms with Gasteiger partial charge in [0.1, 0.15) is 0 Å². The molecular weight excluding hydrogens is 663 g/mol. The average molecular weight is 700 g/mol. The van der Waals surface area contributed by atoms with Gasteiger partial charge in [0.15, 0.2) is 0 Å². The van der Waals surface area contributed by atoms with E-state index in [9.17, 15) is 0 Å². The van der Waals surface area contributed by atoms with Crippen molar-refractivity contribution in [3.05, 3.63) is 224 Å². The first-order chi connectivity index (χ1) is 27.3. The van der Waals surface area contributed by atoms with E-state index in [2.05, 4.69) is 229 Å². The third-order valence-electron chi connectivity index (χ3n) is 10.9. The van der Waals surface area contributed by atoms with Gasteiger partial charge in [-0.1, -0.05) is 188 Å². The maximum atomic E-state index is 2.40. The highest BCUT2D eigenvalue weighted by atomic mass is 15.1. The molecule has 10 rings (SSSR count). The van der Waals surface area contributed by atoms with Crippen LogP contribution >= 0.6 is 0 Å². The first-order valence-electron chi connectivity index (χ1n) is 18.9. The lowest BCUT2D eigenvalue weighted by molar-refractivity contribution is 1.30. The Hall–Kier alpha value is -7.22. The van der Waals surface area contributed by atoms with E-state index >= 15 is 0 Å². The fourth-order valence-electron chi connectivity index (χ4n) is 8.15. The molecular formula is C54H37N. The van der Waals surface area contributed by atoms with E-state index in [0.717, 1.165) is 17.1 Å². The Morgan fingerprint density at radius 3 is 1.24 bits per heavy atom. The van der Waals surface area contributed by atoms with Gasteiger partial charge in [0.2, 0.25) is 0 Å². The highest BCUT2D eigenvalue weighted by molar-refractivity contribution is 6.14. The van der Waals surface area contributed by atoms with Crippen LogP contribution in [0.4, 0.5) is 17.1 Å². The Balaban J connectivity index is 1.10. The van der Waals surface area contributed by atoms with Gasteiger partial charge in [-0.25, -0.2) is 0 Å². The van der Waals surface area contributed by atoms with Gasteiger partial charge >= 0.3 is 0 Å². The lowest BCUT2D eigenvalue weighted by atomic mass is 9.93.